The average molecular weight is 469 g/mol. The molecule has 2 aromatic rings. The standard InChI is InChI=1S/C24H28N4O6/c1-4-33-19-12-17(22-21(23(30)32-3)15(2)26-24(31)27-22)10-11-18(19)34-14-20(29)28-25-13-16-8-6-5-7-9-16/h5-13,20,22,28-29H,4,14H2,1-3H3,(H2,26,27,31)/b25-13-/t20-,22-/m0/s1. The topological polar surface area (TPSA) is 131 Å². The molecule has 3 rings (SSSR count). The SMILES string of the molecule is CCOc1cc([C@@H]2NC(=O)NC(C)=C2C(=O)OC)ccc1OC[C@H](O)N/N=C\c1ccccc1. The van der Waals surface area contributed by atoms with Crippen molar-refractivity contribution in [3.8, 4) is 11.5 Å². The summed E-state index contributed by atoms with van der Waals surface area (Å²) in [5, 5.41) is 19.5. The number of urea groups is 1. The maximum atomic E-state index is 12.3. The van der Waals surface area contributed by atoms with Crippen molar-refractivity contribution < 1.29 is 28.9 Å². The van der Waals surface area contributed by atoms with E-state index in [2.05, 4.69) is 21.2 Å². The molecule has 0 radical (unpaired) electrons. The molecule has 1 aliphatic heterocycles. The lowest BCUT2D eigenvalue weighted by Crippen LogP contribution is -2.45. The highest BCUT2D eigenvalue weighted by molar-refractivity contribution is 5.95. The van der Waals surface area contributed by atoms with E-state index in [1.165, 1.54) is 7.11 Å². The van der Waals surface area contributed by atoms with E-state index in [-0.39, 0.29) is 12.2 Å². The summed E-state index contributed by atoms with van der Waals surface area (Å²) < 4.78 is 16.3. The van der Waals surface area contributed by atoms with Crippen LogP contribution in [0, 0.1) is 0 Å². The van der Waals surface area contributed by atoms with Gasteiger partial charge in [0.25, 0.3) is 0 Å². The van der Waals surface area contributed by atoms with Gasteiger partial charge in [-0.05, 0) is 37.1 Å². The third-order valence-corrected chi connectivity index (χ3v) is 4.91. The molecule has 2 amide bonds. The number of nitrogens with zero attached hydrogens (tertiary/aromatic N) is 1. The van der Waals surface area contributed by atoms with Crippen LogP contribution in [-0.4, -0.2) is 49.9 Å². The highest BCUT2D eigenvalue weighted by atomic mass is 16.5. The molecule has 0 fully saturated rings. The van der Waals surface area contributed by atoms with Gasteiger partial charge >= 0.3 is 12.0 Å². The predicted octanol–water partition coefficient (Wildman–Crippen LogP) is 2.21. The molecule has 34 heavy (non-hydrogen) atoms. The summed E-state index contributed by atoms with van der Waals surface area (Å²) in [5.41, 5.74) is 4.79. The molecule has 0 saturated heterocycles. The third kappa shape index (κ3) is 6.26. The number of carbonyl (C=O) groups is 2. The maximum absolute atomic E-state index is 12.3. The van der Waals surface area contributed by atoms with Gasteiger partial charge in [-0.3, -0.25) is 5.43 Å². The van der Waals surface area contributed by atoms with Gasteiger partial charge < -0.3 is 30.0 Å². The summed E-state index contributed by atoms with van der Waals surface area (Å²) in [6.45, 7) is 3.72. The molecule has 0 unspecified atom stereocenters. The number of benzene rings is 2. The first-order valence-electron chi connectivity index (χ1n) is 10.7. The highest BCUT2D eigenvalue weighted by Crippen LogP contribution is 2.34. The molecule has 0 aromatic heterocycles. The summed E-state index contributed by atoms with van der Waals surface area (Å²) in [7, 11) is 1.28. The van der Waals surface area contributed by atoms with Crippen LogP contribution in [-0.2, 0) is 9.53 Å². The molecule has 0 spiro atoms. The van der Waals surface area contributed by atoms with Crippen LogP contribution in [0.25, 0.3) is 0 Å². The van der Waals surface area contributed by atoms with Crippen molar-refractivity contribution in [3.05, 3.63) is 70.9 Å². The summed E-state index contributed by atoms with van der Waals surface area (Å²) in [5.74, 6) is 0.229. The number of hydrazone groups is 1. The highest BCUT2D eigenvalue weighted by Gasteiger charge is 2.32. The number of hydrogen-bond acceptors (Lipinski definition) is 8. The Balaban J connectivity index is 1.72. The molecule has 0 saturated carbocycles. The average Bonchev–Trinajstić information content (AvgIpc) is 2.83. The van der Waals surface area contributed by atoms with E-state index in [1.807, 2.05) is 37.3 Å². The van der Waals surface area contributed by atoms with Gasteiger partial charge in [-0.2, -0.15) is 5.10 Å². The quantitative estimate of drug-likeness (QED) is 0.182. The third-order valence-electron chi connectivity index (χ3n) is 4.91. The van der Waals surface area contributed by atoms with E-state index < -0.39 is 24.3 Å². The molecule has 2 atom stereocenters. The van der Waals surface area contributed by atoms with Gasteiger partial charge in [-0.25, -0.2) is 9.59 Å². The lowest BCUT2D eigenvalue weighted by atomic mass is 9.95. The number of carbonyl (C=O) groups excluding carboxylic acids is 2. The van der Waals surface area contributed by atoms with Gasteiger partial charge in [0.05, 0.1) is 31.5 Å². The number of hydrogen-bond donors (Lipinski definition) is 4. The predicted molar refractivity (Wildman–Crippen MR) is 125 cm³/mol. The van der Waals surface area contributed by atoms with Crippen LogP contribution in [0.1, 0.15) is 31.0 Å². The second-order valence-electron chi connectivity index (χ2n) is 7.33. The molecule has 0 aliphatic carbocycles. The molecule has 10 heteroatoms. The zero-order valence-corrected chi connectivity index (χ0v) is 19.2. The molecule has 10 nitrogen and oxygen atoms in total. The monoisotopic (exact) mass is 468 g/mol. The van der Waals surface area contributed by atoms with Crippen LogP contribution in [0.5, 0.6) is 11.5 Å². The van der Waals surface area contributed by atoms with Gasteiger partial charge in [0, 0.05) is 5.70 Å². The Morgan fingerprint density at radius 3 is 2.68 bits per heavy atom. The minimum Gasteiger partial charge on any atom is -0.490 e. The molecule has 180 valence electrons. The molecular weight excluding hydrogens is 440 g/mol. The van der Waals surface area contributed by atoms with E-state index in [9.17, 15) is 14.7 Å². The molecule has 2 aromatic carbocycles. The van der Waals surface area contributed by atoms with Gasteiger partial charge in [0.2, 0.25) is 0 Å². The van der Waals surface area contributed by atoms with Crippen LogP contribution < -0.4 is 25.5 Å². The largest absolute Gasteiger partial charge is 0.490 e. The van der Waals surface area contributed by atoms with Crippen LogP contribution in [0.15, 0.2) is 64.9 Å². The Hall–Kier alpha value is -4.05. The lowest BCUT2D eigenvalue weighted by molar-refractivity contribution is -0.136. The lowest BCUT2D eigenvalue weighted by Gasteiger charge is -2.28. The number of amides is 2. The zero-order valence-electron chi connectivity index (χ0n) is 19.2. The fraction of sp³-hybridized carbons (Fsp3) is 0.292. The Labute approximate surface area is 197 Å². The van der Waals surface area contributed by atoms with Crippen molar-refractivity contribution >= 4 is 18.2 Å². The minimum atomic E-state index is -1.06. The fourth-order valence-corrected chi connectivity index (χ4v) is 3.36. The van der Waals surface area contributed by atoms with Crippen LogP contribution in [0.2, 0.25) is 0 Å². The van der Waals surface area contributed by atoms with Crippen molar-refractivity contribution in [3.63, 3.8) is 0 Å². The number of nitrogens with one attached hydrogen (secondary N) is 3. The normalized spacial score (nSPS) is 16.5. The second-order valence-corrected chi connectivity index (χ2v) is 7.33. The Morgan fingerprint density at radius 2 is 1.97 bits per heavy atom. The van der Waals surface area contributed by atoms with E-state index in [4.69, 9.17) is 14.2 Å². The van der Waals surface area contributed by atoms with Crippen LogP contribution >= 0.6 is 0 Å². The number of methoxy groups -OCH3 is 1. The number of esters is 1. The Kier molecular flexibility index (Phi) is 8.47. The van der Waals surface area contributed by atoms with Gasteiger partial charge in [-0.15, -0.1) is 0 Å². The van der Waals surface area contributed by atoms with E-state index >= 15 is 0 Å². The number of allylic oxidation sites excluding steroid dienone is 1. The zero-order chi connectivity index (χ0) is 24.5. The molecule has 0 bridgehead atoms. The summed E-state index contributed by atoms with van der Waals surface area (Å²) >= 11 is 0. The number of aliphatic hydroxyl groups excluding tert-OH is 1. The number of aliphatic hydroxyl groups is 1. The van der Waals surface area contributed by atoms with E-state index in [1.54, 1.807) is 31.3 Å². The van der Waals surface area contributed by atoms with Crippen LogP contribution in [0.4, 0.5) is 4.79 Å². The van der Waals surface area contributed by atoms with Crippen molar-refractivity contribution in [1.29, 1.82) is 0 Å². The van der Waals surface area contributed by atoms with Crippen molar-refractivity contribution in [2.45, 2.75) is 26.1 Å². The van der Waals surface area contributed by atoms with Crippen molar-refractivity contribution in [2.24, 2.45) is 5.10 Å². The van der Waals surface area contributed by atoms with Crippen LogP contribution in [0.3, 0.4) is 0 Å². The summed E-state index contributed by atoms with van der Waals surface area (Å²) in [6, 6.07) is 13.3. The number of ether oxygens (including phenoxy) is 3. The minimum absolute atomic E-state index is 0.0952. The first kappa shape index (κ1) is 24.6. The molecular formula is C24H28N4O6. The Bertz CT molecular complexity index is 1070. The fourth-order valence-electron chi connectivity index (χ4n) is 3.36. The smallest absolute Gasteiger partial charge is 0.337 e. The Morgan fingerprint density at radius 1 is 1.21 bits per heavy atom. The second kappa shape index (κ2) is 11.7. The maximum Gasteiger partial charge on any atom is 0.337 e. The first-order chi connectivity index (χ1) is 16.4. The van der Waals surface area contributed by atoms with Gasteiger partial charge in [0.15, 0.2) is 17.7 Å². The molecule has 1 aliphatic rings. The molecule has 1 heterocycles. The van der Waals surface area contributed by atoms with E-state index in [0.29, 0.717) is 29.4 Å². The van der Waals surface area contributed by atoms with Gasteiger partial charge in [0.1, 0.15) is 6.61 Å². The van der Waals surface area contributed by atoms with Crippen molar-refractivity contribution in [1.82, 2.24) is 16.1 Å². The van der Waals surface area contributed by atoms with Crippen molar-refractivity contribution in [2.75, 3.05) is 20.3 Å². The molecule has 4 N–H and O–H groups in total. The first-order valence-corrected chi connectivity index (χ1v) is 10.7. The number of rotatable bonds is 10. The summed E-state index contributed by atoms with van der Waals surface area (Å²) in [4.78, 5) is 24.4. The van der Waals surface area contributed by atoms with Gasteiger partial charge in [-0.1, -0.05) is 36.4 Å². The summed E-state index contributed by atoms with van der Waals surface area (Å²) in [6.07, 6.45) is 0.528. The van der Waals surface area contributed by atoms with E-state index in [0.717, 1.165) is 5.56 Å².